The highest BCUT2D eigenvalue weighted by Crippen LogP contribution is 2.31. The number of rotatable bonds is 8. The highest BCUT2D eigenvalue weighted by molar-refractivity contribution is 5.37. The summed E-state index contributed by atoms with van der Waals surface area (Å²) in [7, 11) is 0. The monoisotopic (exact) mass is 262 g/mol. The summed E-state index contributed by atoms with van der Waals surface area (Å²) in [5, 5.41) is 3.35. The molecular weight excluding hydrogens is 236 g/mol. The van der Waals surface area contributed by atoms with Crippen LogP contribution < -0.4 is 10.2 Å². The summed E-state index contributed by atoms with van der Waals surface area (Å²) >= 11 is 0. The van der Waals surface area contributed by atoms with Crippen LogP contribution in [0.25, 0.3) is 0 Å². The van der Waals surface area contributed by atoms with Gasteiger partial charge >= 0.3 is 0 Å². The lowest BCUT2D eigenvalue weighted by Crippen LogP contribution is -2.33. The third kappa shape index (κ3) is 4.46. The van der Waals surface area contributed by atoms with Crippen LogP contribution in [0.15, 0.2) is 12.4 Å². The second kappa shape index (κ2) is 6.85. The van der Waals surface area contributed by atoms with E-state index in [1.807, 2.05) is 12.4 Å². The van der Waals surface area contributed by atoms with Gasteiger partial charge in [-0.2, -0.15) is 0 Å². The molecule has 1 aromatic rings. The molecule has 0 aromatic carbocycles. The number of aromatic nitrogens is 2. The van der Waals surface area contributed by atoms with E-state index in [1.54, 1.807) is 0 Å². The van der Waals surface area contributed by atoms with E-state index in [0.29, 0.717) is 6.04 Å². The predicted octanol–water partition coefficient (Wildman–Crippen LogP) is 2.60. The molecule has 1 heterocycles. The minimum Gasteiger partial charge on any atom is -0.353 e. The molecule has 0 aliphatic heterocycles. The lowest BCUT2D eigenvalue weighted by molar-refractivity contribution is 0.630. The average molecular weight is 262 g/mol. The first kappa shape index (κ1) is 14.3. The molecule has 0 saturated heterocycles. The largest absolute Gasteiger partial charge is 0.353 e. The summed E-state index contributed by atoms with van der Waals surface area (Å²) in [5.41, 5.74) is 1.02. The molecule has 4 heteroatoms. The zero-order chi connectivity index (χ0) is 13.7. The Morgan fingerprint density at radius 1 is 1.32 bits per heavy atom. The van der Waals surface area contributed by atoms with E-state index in [2.05, 4.69) is 41.0 Å². The van der Waals surface area contributed by atoms with Crippen LogP contribution in [-0.2, 0) is 6.54 Å². The molecule has 2 rings (SSSR count). The summed E-state index contributed by atoms with van der Waals surface area (Å²) in [6.07, 6.45) is 7.71. The number of nitrogens with zero attached hydrogens (tertiary/aromatic N) is 3. The Morgan fingerprint density at radius 2 is 2.11 bits per heavy atom. The summed E-state index contributed by atoms with van der Waals surface area (Å²) in [6.45, 7) is 9.58. The quantitative estimate of drug-likeness (QED) is 0.731. The van der Waals surface area contributed by atoms with Gasteiger partial charge in [-0.05, 0) is 45.6 Å². The van der Waals surface area contributed by atoms with E-state index in [0.717, 1.165) is 43.5 Å². The molecule has 0 radical (unpaired) electrons. The maximum Gasteiger partial charge on any atom is 0.147 e. The number of nitrogens with one attached hydrogen (secondary N) is 1. The Labute approximate surface area is 116 Å². The normalized spacial score (nSPS) is 14.9. The molecule has 1 saturated carbocycles. The van der Waals surface area contributed by atoms with Crippen LogP contribution in [-0.4, -0.2) is 29.1 Å². The average Bonchev–Trinajstić information content (AvgIpc) is 3.21. The van der Waals surface area contributed by atoms with Crippen molar-refractivity contribution < 1.29 is 0 Å². The maximum atomic E-state index is 4.58. The molecule has 0 unspecified atom stereocenters. The first-order valence-corrected chi connectivity index (χ1v) is 7.49. The number of anilines is 1. The van der Waals surface area contributed by atoms with Crippen LogP contribution in [0.1, 0.15) is 45.7 Å². The summed E-state index contributed by atoms with van der Waals surface area (Å²) in [6, 6.07) is 0.485. The van der Waals surface area contributed by atoms with Gasteiger partial charge in [0.15, 0.2) is 0 Å². The molecule has 0 bridgehead atoms. The first-order chi connectivity index (χ1) is 9.20. The molecular formula is C15H26N4. The van der Waals surface area contributed by atoms with Crippen LogP contribution in [0.3, 0.4) is 0 Å². The van der Waals surface area contributed by atoms with Gasteiger partial charge in [0.2, 0.25) is 0 Å². The lowest BCUT2D eigenvalue weighted by atomic mass is 10.2. The fraction of sp³-hybridized carbons (Fsp3) is 0.733. The zero-order valence-corrected chi connectivity index (χ0v) is 12.4. The lowest BCUT2D eigenvalue weighted by Gasteiger charge is -2.27. The van der Waals surface area contributed by atoms with Gasteiger partial charge < -0.3 is 10.2 Å². The Balaban J connectivity index is 1.94. The van der Waals surface area contributed by atoms with Crippen molar-refractivity contribution in [1.82, 2.24) is 15.3 Å². The van der Waals surface area contributed by atoms with Crippen molar-refractivity contribution in [3.8, 4) is 0 Å². The van der Waals surface area contributed by atoms with Crippen LogP contribution in [0, 0.1) is 5.92 Å². The molecule has 1 fully saturated rings. The molecule has 106 valence electrons. The minimum atomic E-state index is 0.485. The van der Waals surface area contributed by atoms with Gasteiger partial charge in [0, 0.05) is 19.1 Å². The van der Waals surface area contributed by atoms with Gasteiger partial charge in [-0.3, -0.25) is 4.98 Å². The van der Waals surface area contributed by atoms with Gasteiger partial charge in [-0.1, -0.05) is 6.92 Å². The van der Waals surface area contributed by atoms with E-state index in [4.69, 9.17) is 0 Å². The standard InChI is InChI=1S/C15H26N4/c1-4-7-16-8-14-9-18-15(10-17-14)19(12(2)3)11-13-5-6-13/h9-10,12-13,16H,4-8,11H2,1-3H3. The van der Waals surface area contributed by atoms with Crippen molar-refractivity contribution in [1.29, 1.82) is 0 Å². The van der Waals surface area contributed by atoms with Crippen molar-refractivity contribution in [3.63, 3.8) is 0 Å². The topological polar surface area (TPSA) is 41.1 Å². The van der Waals surface area contributed by atoms with Gasteiger partial charge in [0.25, 0.3) is 0 Å². The zero-order valence-electron chi connectivity index (χ0n) is 12.4. The Kier molecular flexibility index (Phi) is 5.14. The summed E-state index contributed by atoms with van der Waals surface area (Å²) < 4.78 is 0. The highest BCUT2D eigenvalue weighted by atomic mass is 15.2. The van der Waals surface area contributed by atoms with Crippen molar-refractivity contribution >= 4 is 5.82 Å². The van der Waals surface area contributed by atoms with E-state index in [9.17, 15) is 0 Å². The molecule has 1 aliphatic carbocycles. The van der Waals surface area contributed by atoms with Crippen molar-refractivity contribution in [3.05, 3.63) is 18.1 Å². The van der Waals surface area contributed by atoms with E-state index in [1.165, 1.54) is 12.8 Å². The fourth-order valence-corrected chi connectivity index (χ4v) is 2.13. The molecule has 1 aromatic heterocycles. The van der Waals surface area contributed by atoms with Crippen molar-refractivity contribution in [2.24, 2.45) is 5.92 Å². The molecule has 4 nitrogen and oxygen atoms in total. The number of hydrogen-bond acceptors (Lipinski definition) is 4. The minimum absolute atomic E-state index is 0.485. The Hall–Kier alpha value is -1.16. The van der Waals surface area contributed by atoms with Gasteiger partial charge in [-0.15, -0.1) is 0 Å². The Morgan fingerprint density at radius 3 is 2.63 bits per heavy atom. The molecule has 19 heavy (non-hydrogen) atoms. The molecule has 0 amide bonds. The van der Waals surface area contributed by atoms with Crippen LogP contribution >= 0.6 is 0 Å². The first-order valence-electron chi connectivity index (χ1n) is 7.49. The SMILES string of the molecule is CCCNCc1cnc(N(CC2CC2)C(C)C)cn1. The predicted molar refractivity (Wildman–Crippen MR) is 79.2 cm³/mol. The van der Waals surface area contributed by atoms with E-state index in [-0.39, 0.29) is 0 Å². The molecule has 0 spiro atoms. The van der Waals surface area contributed by atoms with Crippen LogP contribution in [0.5, 0.6) is 0 Å². The van der Waals surface area contributed by atoms with E-state index < -0.39 is 0 Å². The van der Waals surface area contributed by atoms with E-state index >= 15 is 0 Å². The highest BCUT2D eigenvalue weighted by Gasteiger charge is 2.26. The third-order valence-corrected chi connectivity index (χ3v) is 3.49. The molecule has 1 aliphatic rings. The van der Waals surface area contributed by atoms with Crippen molar-refractivity contribution in [2.45, 2.75) is 52.6 Å². The molecule has 0 atom stereocenters. The fourth-order valence-electron chi connectivity index (χ4n) is 2.13. The third-order valence-electron chi connectivity index (χ3n) is 3.49. The Bertz CT molecular complexity index is 370. The van der Waals surface area contributed by atoms with Crippen LogP contribution in [0.4, 0.5) is 5.82 Å². The second-order valence-corrected chi connectivity index (χ2v) is 5.73. The number of hydrogen-bond donors (Lipinski definition) is 1. The van der Waals surface area contributed by atoms with Crippen molar-refractivity contribution in [2.75, 3.05) is 18.0 Å². The van der Waals surface area contributed by atoms with Gasteiger partial charge in [0.1, 0.15) is 5.82 Å². The summed E-state index contributed by atoms with van der Waals surface area (Å²) in [5.74, 6) is 1.89. The summed E-state index contributed by atoms with van der Waals surface area (Å²) in [4.78, 5) is 11.5. The molecule has 1 N–H and O–H groups in total. The smallest absolute Gasteiger partial charge is 0.147 e. The van der Waals surface area contributed by atoms with Gasteiger partial charge in [-0.25, -0.2) is 4.98 Å². The maximum absolute atomic E-state index is 4.58. The van der Waals surface area contributed by atoms with Gasteiger partial charge in [0.05, 0.1) is 18.1 Å². The van der Waals surface area contributed by atoms with Crippen LogP contribution in [0.2, 0.25) is 0 Å². The second-order valence-electron chi connectivity index (χ2n) is 5.73.